The van der Waals surface area contributed by atoms with Gasteiger partial charge in [-0.2, -0.15) is 18.2 Å². The molecule has 2 heterocycles. The average Bonchev–Trinajstić information content (AvgIpc) is 3.13. The Bertz CT molecular complexity index is 1230. The number of aliphatic hydroxyl groups is 1. The molecule has 0 saturated heterocycles. The molecule has 1 N–H and O–H groups in total. The third-order valence-electron chi connectivity index (χ3n) is 3.39. The first kappa shape index (κ1) is 61.1. The first-order chi connectivity index (χ1) is 22.1. The molecule has 0 aromatic carbocycles. The number of carbonyl (C=O) groups excluding carboxylic acids is 4. The van der Waals surface area contributed by atoms with Crippen molar-refractivity contribution in [3.05, 3.63) is 90.6 Å². The molecule has 248 valence electrons. The maximum Gasteiger partial charge on any atom is 0 e. The van der Waals surface area contributed by atoms with Crippen molar-refractivity contribution in [2.24, 2.45) is 5.11 Å². The number of azide groups is 1. The SMILES string of the molecule is CC(O)C(=O)OCN(Cc1ccc[c-]n1)Cc1ccccn1.COC#CC#CC#CN=[N+]=[N-].[C-]#[O+].[C-]#[O+].[C-]#[O+].[CH-]=O.[CH-]=O.[CH-]=O.[Re].[Re]. The summed E-state index contributed by atoms with van der Waals surface area (Å²) in [6.45, 7) is 25.7. The van der Waals surface area contributed by atoms with Gasteiger partial charge in [-0.25, -0.2) is 4.79 Å². The quantitative estimate of drug-likeness (QED) is 0.0477. The normalized spacial score (nSPS) is 7.11. The molecule has 0 aliphatic rings. The van der Waals surface area contributed by atoms with Gasteiger partial charge in [0.05, 0.1) is 12.8 Å². The predicted octanol–water partition coefficient (Wildman–Crippen LogP) is 1.09. The van der Waals surface area contributed by atoms with Crippen LogP contribution in [0.25, 0.3) is 10.4 Å². The molecular formula is C29H24N6O10Re2-4. The largest absolute Gasteiger partial charge is 0.545 e. The summed E-state index contributed by atoms with van der Waals surface area (Å²) in [6, 6.07) is 13.2. The number of aromatic nitrogens is 2. The molecule has 2 radical (unpaired) electrons. The molecule has 2 aromatic rings. The van der Waals surface area contributed by atoms with Crippen molar-refractivity contribution in [2.45, 2.75) is 26.1 Å². The Hall–Kier alpha value is -4.97. The summed E-state index contributed by atoms with van der Waals surface area (Å²) in [6.07, 6.45) is 5.59. The molecule has 0 aliphatic carbocycles. The van der Waals surface area contributed by atoms with E-state index in [0.29, 0.717) is 13.1 Å². The van der Waals surface area contributed by atoms with E-state index in [1.54, 1.807) is 12.3 Å². The number of rotatable bonds is 7. The molecule has 0 bridgehead atoms. The van der Waals surface area contributed by atoms with Gasteiger partial charge in [-0.3, -0.25) is 30.3 Å². The predicted molar refractivity (Wildman–Crippen MR) is 151 cm³/mol. The Balaban J connectivity index is -0.0000000865. The van der Waals surface area contributed by atoms with Gasteiger partial charge in [0.25, 0.3) is 0 Å². The topological polar surface area (TPSA) is 244 Å². The fraction of sp³-hybridized carbons (Fsp3) is 0.207. The van der Waals surface area contributed by atoms with Gasteiger partial charge in [0.2, 0.25) is 0 Å². The summed E-state index contributed by atoms with van der Waals surface area (Å²) >= 11 is 0. The number of hydrogen-bond donors (Lipinski definition) is 1. The number of methoxy groups -OCH3 is 1. The average molecular weight is 989 g/mol. The number of carbonyl (C=O) groups is 1. The zero-order valence-corrected chi connectivity index (χ0v) is 30.0. The molecule has 2 rings (SSSR count). The molecule has 1 atom stereocenters. The van der Waals surface area contributed by atoms with E-state index in [2.05, 4.69) is 107 Å². The monoisotopic (exact) mass is 990 g/mol. The van der Waals surface area contributed by atoms with Crippen LogP contribution in [0.2, 0.25) is 0 Å². The van der Waals surface area contributed by atoms with Gasteiger partial charge >= 0.3 is 39.9 Å². The molecule has 0 amide bonds. The Morgan fingerprint density at radius 2 is 1.53 bits per heavy atom. The minimum Gasteiger partial charge on any atom is -0.545 e. The van der Waals surface area contributed by atoms with Crippen molar-refractivity contribution < 1.29 is 88.6 Å². The minimum atomic E-state index is -1.14. The molecule has 16 nitrogen and oxygen atoms in total. The number of esters is 1. The summed E-state index contributed by atoms with van der Waals surface area (Å²) < 4.78 is 32.0. The molecule has 18 heteroatoms. The first-order valence-corrected chi connectivity index (χ1v) is 10.7. The molecule has 0 fully saturated rings. The smallest absolute Gasteiger partial charge is 0 e. The van der Waals surface area contributed by atoms with E-state index in [1.165, 1.54) is 14.0 Å². The van der Waals surface area contributed by atoms with Crippen molar-refractivity contribution in [1.29, 1.82) is 0 Å². The van der Waals surface area contributed by atoms with Crippen molar-refractivity contribution in [3.63, 3.8) is 0 Å². The Kier molecular flexibility index (Phi) is 78.4. The Labute approximate surface area is 300 Å². The number of aliphatic hydroxyl groups excluding tert-OH is 1. The zero-order chi connectivity index (χ0) is 36.2. The zero-order valence-electron chi connectivity index (χ0n) is 24.5. The second kappa shape index (κ2) is 60.3. The number of ether oxygens (including phenoxy) is 2. The van der Waals surface area contributed by atoms with Gasteiger partial charge in [-0.15, -0.1) is 0 Å². The van der Waals surface area contributed by atoms with Crippen LogP contribution in [0.3, 0.4) is 0 Å². The van der Waals surface area contributed by atoms with Crippen LogP contribution in [0.4, 0.5) is 0 Å². The van der Waals surface area contributed by atoms with E-state index in [4.69, 9.17) is 38.6 Å². The van der Waals surface area contributed by atoms with E-state index in [1.807, 2.05) is 35.2 Å². The van der Waals surface area contributed by atoms with Crippen LogP contribution in [-0.4, -0.2) is 66.3 Å². The standard InChI is InChI=1S/C16H18N3O3.C7H3N3O.3CHO.3CO.2Re/c1-13(20)16(21)22-12-19(10-14-6-2-4-8-17-14)11-15-7-3-5-9-18-15;1-11-7-5-3-2-4-6-9-10-8;6*1-2;;/h2-8,13,20H,10-12H2,1H3;1H3;3*1H;;;;;/q-1;;3*-1;;;;;. The maximum atomic E-state index is 11.4. The minimum absolute atomic E-state index is 0. The number of hydrogen-bond acceptors (Lipinski definition) is 11. The van der Waals surface area contributed by atoms with Gasteiger partial charge in [0.15, 0.2) is 0 Å². The van der Waals surface area contributed by atoms with Gasteiger partial charge in [-0.05, 0) is 48.1 Å². The van der Waals surface area contributed by atoms with Crippen molar-refractivity contribution in [1.82, 2.24) is 14.9 Å². The molecule has 0 saturated carbocycles. The van der Waals surface area contributed by atoms with E-state index >= 15 is 0 Å². The first-order valence-electron chi connectivity index (χ1n) is 10.7. The molecule has 0 aliphatic heterocycles. The van der Waals surface area contributed by atoms with Crippen molar-refractivity contribution in [2.75, 3.05) is 13.8 Å². The van der Waals surface area contributed by atoms with Crippen LogP contribution in [0.5, 0.6) is 0 Å². The summed E-state index contributed by atoms with van der Waals surface area (Å²) in [5.41, 5.74) is 9.44. The van der Waals surface area contributed by atoms with Crippen molar-refractivity contribution >= 4 is 26.3 Å². The third-order valence-corrected chi connectivity index (χ3v) is 3.39. The van der Waals surface area contributed by atoms with Crippen molar-refractivity contribution in [3.8, 4) is 35.8 Å². The fourth-order valence-electron chi connectivity index (χ4n) is 2.03. The summed E-state index contributed by atoms with van der Waals surface area (Å²) in [5.74, 6) is 8.62. The van der Waals surface area contributed by atoms with Crippen LogP contribution >= 0.6 is 0 Å². The van der Waals surface area contributed by atoms with Gasteiger partial charge < -0.3 is 33.9 Å². The summed E-state index contributed by atoms with van der Waals surface area (Å²) in [5, 5.41) is 12.1. The van der Waals surface area contributed by atoms with E-state index in [0.717, 1.165) is 11.4 Å². The molecule has 2 aromatic heterocycles. The maximum absolute atomic E-state index is 11.4. The van der Waals surface area contributed by atoms with E-state index < -0.39 is 12.1 Å². The summed E-state index contributed by atoms with van der Waals surface area (Å²) in [7, 11) is 1.43. The van der Waals surface area contributed by atoms with Crippen LogP contribution < -0.4 is 0 Å². The summed E-state index contributed by atoms with van der Waals surface area (Å²) in [4.78, 5) is 47.3. The molecule has 47 heavy (non-hydrogen) atoms. The van der Waals surface area contributed by atoms with Crippen LogP contribution in [-0.2, 0) is 96.5 Å². The Morgan fingerprint density at radius 3 is 1.98 bits per heavy atom. The van der Waals surface area contributed by atoms with E-state index in [-0.39, 0.29) is 47.6 Å². The molecule has 0 spiro atoms. The van der Waals surface area contributed by atoms with Crippen LogP contribution in [0, 0.1) is 62.0 Å². The second-order valence-electron chi connectivity index (χ2n) is 5.94. The van der Waals surface area contributed by atoms with Crippen LogP contribution in [0.1, 0.15) is 18.3 Å². The molecular weight excluding hydrogens is 965 g/mol. The van der Waals surface area contributed by atoms with Gasteiger partial charge in [0, 0.05) is 76.4 Å². The second-order valence-corrected chi connectivity index (χ2v) is 5.94. The van der Waals surface area contributed by atoms with E-state index in [9.17, 15) is 9.90 Å². The third kappa shape index (κ3) is 48.2. The number of nitrogens with zero attached hydrogens (tertiary/aromatic N) is 6. The fourth-order valence-corrected chi connectivity index (χ4v) is 2.03. The van der Waals surface area contributed by atoms with Gasteiger partial charge in [0.1, 0.15) is 18.9 Å². The van der Waals surface area contributed by atoms with Crippen LogP contribution in [0.15, 0.2) is 47.7 Å². The molecule has 1 unspecified atom stereocenters. The Morgan fingerprint density at radius 1 is 1.00 bits per heavy atom. The van der Waals surface area contributed by atoms with Gasteiger partial charge in [-0.1, -0.05) is 18.0 Å². The number of pyridine rings is 2.